The van der Waals surface area contributed by atoms with Crippen LogP contribution in [0.4, 0.5) is 0 Å². The number of benzene rings is 2. The molecule has 0 saturated carbocycles. The van der Waals surface area contributed by atoms with Crippen molar-refractivity contribution >= 4 is 16.8 Å². The van der Waals surface area contributed by atoms with E-state index in [4.69, 9.17) is 4.74 Å². The summed E-state index contributed by atoms with van der Waals surface area (Å²) in [5.74, 6) is 0.748. The van der Waals surface area contributed by atoms with Gasteiger partial charge in [-0.1, -0.05) is 18.2 Å². The molecule has 0 radical (unpaired) electrons. The summed E-state index contributed by atoms with van der Waals surface area (Å²) in [6, 6.07) is 11.7. The molecule has 1 aliphatic rings. The summed E-state index contributed by atoms with van der Waals surface area (Å²) in [6.07, 6.45) is 0.736. The Hall–Kier alpha value is -3.12. The number of hydrogen-bond acceptors (Lipinski definition) is 4. The van der Waals surface area contributed by atoms with Gasteiger partial charge in [-0.15, -0.1) is 0 Å². The van der Waals surface area contributed by atoms with E-state index in [1.165, 1.54) is 0 Å². The Morgan fingerprint density at radius 2 is 1.97 bits per heavy atom. The number of amides is 1. The van der Waals surface area contributed by atoms with Crippen LogP contribution in [-0.2, 0) is 24.3 Å². The highest BCUT2D eigenvalue weighted by molar-refractivity contribution is 5.83. The zero-order chi connectivity index (χ0) is 21.3. The number of rotatable bonds is 5. The Labute approximate surface area is 175 Å². The molecule has 0 fully saturated rings. The normalized spacial score (nSPS) is 13.8. The van der Waals surface area contributed by atoms with E-state index in [9.17, 15) is 9.59 Å². The molecule has 156 valence electrons. The van der Waals surface area contributed by atoms with E-state index in [1.54, 1.807) is 7.11 Å². The number of aryl methyl sites for hydroxylation is 2. The molecule has 1 aromatic heterocycles. The maximum Gasteiger partial charge on any atom is 0.234 e. The molecule has 3 aromatic rings. The van der Waals surface area contributed by atoms with Crippen LogP contribution >= 0.6 is 0 Å². The van der Waals surface area contributed by atoms with Crippen LogP contribution in [0.25, 0.3) is 10.9 Å². The number of aromatic amines is 1. The van der Waals surface area contributed by atoms with E-state index >= 15 is 0 Å². The highest BCUT2D eigenvalue weighted by Gasteiger charge is 2.23. The lowest BCUT2D eigenvalue weighted by molar-refractivity contribution is -0.122. The number of ether oxygens (including phenoxy) is 1. The summed E-state index contributed by atoms with van der Waals surface area (Å²) < 4.78 is 5.15. The molecule has 1 aliphatic heterocycles. The van der Waals surface area contributed by atoms with Gasteiger partial charge in [-0.2, -0.15) is 0 Å². The number of aromatic nitrogens is 1. The molecule has 2 N–H and O–H groups in total. The number of hydrogen-bond donors (Lipinski definition) is 2. The number of H-pyrrole nitrogens is 1. The number of nitrogens with one attached hydrogen (secondary N) is 2. The minimum atomic E-state index is -0.0434. The number of carbonyl (C=O) groups excluding carboxylic acids is 1. The number of fused-ring (bicyclic) bond motifs is 2. The fraction of sp³-hybridized carbons (Fsp3) is 0.333. The molecule has 0 bridgehead atoms. The Balaban J connectivity index is 1.44. The van der Waals surface area contributed by atoms with E-state index in [2.05, 4.69) is 16.4 Å². The van der Waals surface area contributed by atoms with Crippen LogP contribution in [0.2, 0.25) is 0 Å². The second-order valence-electron chi connectivity index (χ2n) is 8.00. The lowest BCUT2D eigenvalue weighted by Crippen LogP contribution is -2.41. The molecular weight excluding hydrogens is 378 g/mol. The average molecular weight is 405 g/mol. The molecular formula is C24H27N3O3. The lowest BCUT2D eigenvalue weighted by Gasteiger charge is -2.28. The molecule has 6 heteroatoms. The molecule has 2 heterocycles. The summed E-state index contributed by atoms with van der Waals surface area (Å²) in [5.41, 5.74) is 5.96. The van der Waals surface area contributed by atoms with Gasteiger partial charge in [0.2, 0.25) is 5.91 Å². The third-order valence-corrected chi connectivity index (χ3v) is 5.71. The molecule has 0 atom stereocenters. The summed E-state index contributed by atoms with van der Waals surface area (Å²) in [5, 5.41) is 3.69. The fourth-order valence-corrected chi connectivity index (χ4v) is 4.13. The summed E-state index contributed by atoms with van der Waals surface area (Å²) >= 11 is 0. The molecule has 30 heavy (non-hydrogen) atoms. The Morgan fingerprint density at radius 3 is 2.70 bits per heavy atom. The van der Waals surface area contributed by atoms with Gasteiger partial charge in [-0.05, 0) is 48.7 Å². The molecule has 0 aliphatic carbocycles. The van der Waals surface area contributed by atoms with Crippen LogP contribution in [0.5, 0.6) is 5.75 Å². The van der Waals surface area contributed by atoms with Crippen LogP contribution < -0.4 is 15.5 Å². The minimum absolute atomic E-state index is 0.0434. The van der Waals surface area contributed by atoms with E-state index in [1.807, 2.05) is 49.1 Å². The van der Waals surface area contributed by atoms with Crippen LogP contribution in [0.15, 0.2) is 41.2 Å². The van der Waals surface area contributed by atoms with E-state index in [0.29, 0.717) is 13.1 Å². The van der Waals surface area contributed by atoms with Crippen molar-refractivity contribution in [3.8, 4) is 5.75 Å². The first-order valence-corrected chi connectivity index (χ1v) is 10.2. The van der Waals surface area contributed by atoms with Crippen LogP contribution in [0.3, 0.4) is 0 Å². The Morgan fingerprint density at radius 1 is 1.20 bits per heavy atom. The van der Waals surface area contributed by atoms with E-state index < -0.39 is 0 Å². The van der Waals surface area contributed by atoms with Crippen molar-refractivity contribution in [2.24, 2.45) is 0 Å². The highest BCUT2D eigenvalue weighted by Crippen LogP contribution is 2.21. The van der Waals surface area contributed by atoms with Crippen molar-refractivity contribution in [3.05, 3.63) is 74.6 Å². The molecule has 0 spiro atoms. The number of methoxy groups -OCH3 is 1. The van der Waals surface area contributed by atoms with E-state index in [-0.39, 0.29) is 17.9 Å². The molecule has 0 unspecified atom stereocenters. The first-order valence-electron chi connectivity index (χ1n) is 10.2. The topological polar surface area (TPSA) is 74.4 Å². The average Bonchev–Trinajstić information content (AvgIpc) is 2.74. The first-order chi connectivity index (χ1) is 14.4. The van der Waals surface area contributed by atoms with Crippen molar-refractivity contribution in [1.82, 2.24) is 15.2 Å². The minimum Gasteiger partial charge on any atom is -0.497 e. The number of nitrogens with zero attached hydrogens (tertiary/aromatic N) is 1. The monoisotopic (exact) mass is 405 g/mol. The van der Waals surface area contributed by atoms with Gasteiger partial charge in [0.15, 0.2) is 5.43 Å². The third kappa shape index (κ3) is 4.09. The van der Waals surface area contributed by atoms with Gasteiger partial charge in [0.25, 0.3) is 0 Å². The molecule has 0 saturated heterocycles. The van der Waals surface area contributed by atoms with Crippen molar-refractivity contribution in [2.75, 3.05) is 20.2 Å². The molecule has 6 nitrogen and oxygen atoms in total. The summed E-state index contributed by atoms with van der Waals surface area (Å²) in [4.78, 5) is 31.1. The van der Waals surface area contributed by atoms with Crippen LogP contribution in [-0.4, -0.2) is 36.0 Å². The second kappa shape index (κ2) is 8.32. The Kier molecular flexibility index (Phi) is 5.59. The molecule has 2 aromatic carbocycles. The first kappa shape index (κ1) is 20.2. The maximum absolute atomic E-state index is 13.1. The standard InChI is InChI=1S/C24H27N3O3/c1-15-10-16(2)23-19(11-15)24(29)20-13-27(9-8-21(20)26-23)14-22(28)25-12-17-4-6-18(30-3)7-5-17/h4-7,10-11H,8-9,12-14H2,1-3H3,(H,25,28)(H,26,29). The van der Waals surface area contributed by atoms with Gasteiger partial charge in [0.05, 0.1) is 19.2 Å². The van der Waals surface area contributed by atoms with E-state index in [0.717, 1.165) is 57.6 Å². The summed E-state index contributed by atoms with van der Waals surface area (Å²) in [6.45, 7) is 6.01. The van der Waals surface area contributed by atoms with Crippen molar-refractivity contribution in [1.29, 1.82) is 0 Å². The van der Waals surface area contributed by atoms with Crippen molar-refractivity contribution < 1.29 is 9.53 Å². The fourth-order valence-electron chi connectivity index (χ4n) is 4.13. The van der Waals surface area contributed by atoms with Gasteiger partial charge in [-0.3, -0.25) is 14.5 Å². The van der Waals surface area contributed by atoms with Crippen molar-refractivity contribution in [3.63, 3.8) is 0 Å². The van der Waals surface area contributed by atoms with Gasteiger partial charge in [-0.25, -0.2) is 0 Å². The number of carbonyl (C=O) groups is 1. The smallest absolute Gasteiger partial charge is 0.234 e. The zero-order valence-electron chi connectivity index (χ0n) is 17.7. The second-order valence-corrected chi connectivity index (χ2v) is 8.00. The quantitative estimate of drug-likeness (QED) is 0.685. The maximum atomic E-state index is 13.1. The SMILES string of the molecule is COc1ccc(CNC(=O)CN2CCc3[nH]c4c(C)cc(C)cc4c(=O)c3C2)cc1. The van der Waals surface area contributed by atoms with Crippen LogP contribution in [0, 0.1) is 13.8 Å². The van der Waals surface area contributed by atoms with Gasteiger partial charge in [0.1, 0.15) is 5.75 Å². The Bertz CT molecular complexity index is 1150. The summed E-state index contributed by atoms with van der Waals surface area (Å²) in [7, 11) is 1.63. The zero-order valence-corrected chi connectivity index (χ0v) is 17.7. The lowest BCUT2D eigenvalue weighted by atomic mass is 9.99. The molecule has 4 rings (SSSR count). The third-order valence-electron chi connectivity index (χ3n) is 5.71. The van der Waals surface area contributed by atoms with Gasteiger partial charge < -0.3 is 15.0 Å². The van der Waals surface area contributed by atoms with Crippen molar-refractivity contribution in [2.45, 2.75) is 33.4 Å². The predicted octanol–water partition coefficient (Wildman–Crippen LogP) is 2.83. The largest absolute Gasteiger partial charge is 0.497 e. The highest BCUT2D eigenvalue weighted by atomic mass is 16.5. The predicted molar refractivity (Wildman–Crippen MR) is 118 cm³/mol. The molecule has 1 amide bonds. The van der Waals surface area contributed by atoms with Gasteiger partial charge >= 0.3 is 0 Å². The van der Waals surface area contributed by atoms with Gasteiger partial charge in [0, 0.05) is 42.7 Å². The number of pyridine rings is 1. The van der Waals surface area contributed by atoms with Crippen LogP contribution in [0.1, 0.15) is 27.9 Å².